The molecule has 7 nitrogen and oxygen atoms in total. The van der Waals surface area contributed by atoms with Crippen LogP contribution in [0.3, 0.4) is 0 Å². The van der Waals surface area contributed by atoms with E-state index in [1.807, 2.05) is 37.3 Å². The summed E-state index contributed by atoms with van der Waals surface area (Å²) >= 11 is 0. The molecule has 2 heterocycles. The molecule has 2 N–H and O–H groups in total. The highest BCUT2D eigenvalue weighted by atomic mass is 32.2. The third-order valence-corrected chi connectivity index (χ3v) is 5.98. The third kappa shape index (κ3) is 2.69. The van der Waals surface area contributed by atoms with Gasteiger partial charge in [0.1, 0.15) is 10.7 Å². The molecule has 2 aromatic heterocycles. The van der Waals surface area contributed by atoms with Crippen molar-refractivity contribution >= 4 is 32.0 Å². The summed E-state index contributed by atoms with van der Waals surface area (Å²) < 4.78 is 27.4. The van der Waals surface area contributed by atoms with Crippen molar-refractivity contribution in [1.82, 2.24) is 24.5 Å². The molecular formula is C17H17N5O2S. The van der Waals surface area contributed by atoms with Crippen LogP contribution in [-0.4, -0.2) is 39.9 Å². The Balaban J connectivity index is 1.72. The van der Waals surface area contributed by atoms with Gasteiger partial charge in [-0.1, -0.05) is 12.1 Å². The summed E-state index contributed by atoms with van der Waals surface area (Å²) in [6.45, 7) is 2.02. The molecule has 0 aliphatic carbocycles. The molecule has 0 unspecified atom stereocenters. The highest BCUT2D eigenvalue weighted by Crippen LogP contribution is 2.26. The predicted octanol–water partition coefficient (Wildman–Crippen LogP) is 2.57. The van der Waals surface area contributed by atoms with E-state index < -0.39 is 10.0 Å². The van der Waals surface area contributed by atoms with Gasteiger partial charge in [0.2, 0.25) is 10.0 Å². The quantitative estimate of drug-likeness (QED) is 0.588. The van der Waals surface area contributed by atoms with Gasteiger partial charge < -0.3 is 4.98 Å². The minimum Gasteiger partial charge on any atom is -0.341 e. The number of aromatic nitrogens is 4. The van der Waals surface area contributed by atoms with E-state index in [4.69, 9.17) is 0 Å². The lowest BCUT2D eigenvalue weighted by molar-refractivity contribution is 0.459. The smallest absolute Gasteiger partial charge is 0.245 e. The average molecular weight is 355 g/mol. The minimum atomic E-state index is -3.69. The number of imidazole rings is 1. The van der Waals surface area contributed by atoms with Crippen LogP contribution in [0.2, 0.25) is 0 Å². The number of benzene rings is 2. The molecule has 0 atom stereocenters. The number of hydrogen-bond donors (Lipinski definition) is 2. The van der Waals surface area contributed by atoms with Crippen molar-refractivity contribution in [1.29, 1.82) is 0 Å². The Kier molecular flexibility index (Phi) is 3.59. The van der Waals surface area contributed by atoms with Crippen LogP contribution in [0.25, 0.3) is 21.9 Å². The van der Waals surface area contributed by atoms with E-state index in [1.165, 1.54) is 4.31 Å². The zero-order chi connectivity index (χ0) is 17.6. The Morgan fingerprint density at radius 1 is 1.20 bits per heavy atom. The Hall–Kier alpha value is -2.71. The maximum absolute atomic E-state index is 13.1. The van der Waals surface area contributed by atoms with E-state index in [1.54, 1.807) is 19.3 Å². The fourth-order valence-corrected chi connectivity index (χ4v) is 4.30. The molecule has 128 valence electrons. The molecule has 25 heavy (non-hydrogen) atoms. The lowest BCUT2D eigenvalue weighted by Gasteiger charge is -2.17. The summed E-state index contributed by atoms with van der Waals surface area (Å²) in [6.07, 6.45) is 1.63. The van der Waals surface area contributed by atoms with Crippen LogP contribution in [0.5, 0.6) is 0 Å². The maximum atomic E-state index is 13.1. The van der Waals surface area contributed by atoms with Crippen molar-refractivity contribution < 1.29 is 8.42 Å². The molecule has 0 radical (unpaired) electrons. The molecule has 0 saturated heterocycles. The number of nitrogens with one attached hydrogen (secondary N) is 2. The van der Waals surface area contributed by atoms with Gasteiger partial charge in [0.05, 0.1) is 29.3 Å². The van der Waals surface area contributed by atoms with Crippen LogP contribution in [0.4, 0.5) is 0 Å². The molecule has 0 fully saturated rings. The van der Waals surface area contributed by atoms with Gasteiger partial charge in [-0.15, -0.1) is 0 Å². The van der Waals surface area contributed by atoms with Crippen LogP contribution in [-0.2, 0) is 16.6 Å². The first-order valence-corrected chi connectivity index (χ1v) is 9.23. The van der Waals surface area contributed by atoms with Crippen molar-refractivity contribution in [3.8, 4) is 0 Å². The number of para-hydroxylation sites is 2. The van der Waals surface area contributed by atoms with Gasteiger partial charge >= 0.3 is 0 Å². The first kappa shape index (κ1) is 15.8. The number of aromatic amines is 2. The summed E-state index contributed by atoms with van der Waals surface area (Å²) in [4.78, 5) is 7.83. The molecular weight excluding hydrogens is 338 g/mol. The molecule has 0 aliphatic rings. The van der Waals surface area contributed by atoms with E-state index in [9.17, 15) is 8.42 Å². The molecule has 4 rings (SSSR count). The molecule has 0 bridgehead atoms. The molecule has 0 spiro atoms. The van der Waals surface area contributed by atoms with Crippen molar-refractivity contribution in [3.05, 3.63) is 54.0 Å². The van der Waals surface area contributed by atoms with E-state index in [2.05, 4.69) is 20.2 Å². The lowest BCUT2D eigenvalue weighted by atomic mass is 10.2. The van der Waals surface area contributed by atoms with Crippen LogP contribution in [0.1, 0.15) is 11.4 Å². The van der Waals surface area contributed by atoms with Gasteiger partial charge in [0.25, 0.3) is 0 Å². The Morgan fingerprint density at radius 3 is 2.80 bits per heavy atom. The number of fused-ring (bicyclic) bond motifs is 2. The van der Waals surface area contributed by atoms with Gasteiger partial charge in [0.15, 0.2) is 0 Å². The topological polar surface area (TPSA) is 94.7 Å². The van der Waals surface area contributed by atoms with Crippen LogP contribution >= 0.6 is 0 Å². The number of nitrogens with zero attached hydrogens (tertiary/aromatic N) is 3. The lowest BCUT2D eigenvalue weighted by Crippen LogP contribution is -2.27. The normalized spacial score (nSPS) is 12.4. The SMILES string of the molecule is Cc1cc(S(=O)(=O)N(C)Cc2nc3ccccc3[nH]2)c2[nH]ncc2c1. The van der Waals surface area contributed by atoms with Crippen molar-refractivity contribution in [2.45, 2.75) is 18.4 Å². The molecule has 8 heteroatoms. The van der Waals surface area contributed by atoms with E-state index in [0.717, 1.165) is 22.0 Å². The van der Waals surface area contributed by atoms with Gasteiger partial charge in [-0.3, -0.25) is 5.10 Å². The fourth-order valence-electron chi connectivity index (χ4n) is 2.92. The Labute approximate surface area is 144 Å². The van der Waals surface area contributed by atoms with Gasteiger partial charge in [-0.25, -0.2) is 13.4 Å². The second-order valence-electron chi connectivity index (χ2n) is 6.06. The van der Waals surface area contributed by atoms with Crippen LogP contribution < -0.4 is 0 Å². The first-order valence-electron chi connectivity index (χ1n) is 7.79. The summed E-state index contributed by atoms with van der Waals surface area (Å²) in [7, 11) is -2.14. The summed E-state index contributed by atoms with van der Waals surface area (Å²) in [5.74, 6) is 0.598. The number of hydrogen-bond acceptors (Lipinski definition) is 4. The average Bonchev–Trinajstić information content (AvgIpc) is 3.19. The number of aryl methyl sites for hydroxylation is 1. The first-order chi connectivity index (χ1) is 11.9. The predicted molar refractivity (Wildman–Crippen MR) is 95.6 cm³/mol. The summed E-state index contributed by atoms with van der Waals surface area (Å²) in [5.41, 5.74) is 3.08. The van der Waals surface area contributed by atoms with Crippen molar-refractivity contribution in [2.24, 2.45) is 0 Å². The standard InChI is InChI=1S/C17H17N5O2S/c1-11-7-12-9-18-21-17(12)15(8-11)25(23,24)22(2)10-16-19-13-5-3-4-6-14(13)20-16/h3-9H,10H2,1-2H3,(H,18,21)(H,19,20). The van der Waals surface area contributed by atoms with Gasteiger partial charge in [-0.2, -0.15) is 9.40 Å². The molecule has 0 amide bonds. The second-order valence-corrected chi connectivity index (χ2v) is 8.07. The summed E-state index contributed by atoms with van der Waals surface area (Å²) in [6, 6.07) is 11.2. The molecule has 0 saturated carbocycles. The third-order valence-electron chi connectivity index (χ3n) is 4.16. The van der Waals surface area contributed by atoms with Gasteiger partial charge in [-0.05, 0) is 36.8 Å². The second kappa shape index (κ2) is 5.68. The Morgan fingerprint density at radius 2 is 2.00 bits per heavy atom. The summed E-state index contributed by atoms with van der Waals surface area (Å²) in [5, 5.41) is 7.52. The maximum Gasteiger partial charge on any atom is 0.245 e. The highest BCUT2D eigenvalue weighted by molar-refractivity contribution is 7.89. The zero-order valence-corrected chi connectivity index (χ0v) is 14.6. The number of sulfonamides is 1. The van der Waals surface area contributed by atoms with Crippen molar-refractivity contribution in [2.75, 3.05) is 7.05 Å². The number of H-pyrrole nitrogens is 2. The Bertz CT molecular complexity index is 1140. The molecule has 2 aromatic carbocycles. The molecule has 0 aliphatic heterocycles. The van der Waals surface area contributed by atoms with E-state index >= 15 is 0 Å². The fraction of sp³-hybridized carbons (Fsp3) is 0.176. The van der Waals surface area contributed by atoms with Gasteiger partial charge in [0, 0.05) is 12.4 Å². The minimum absolute atomic E-state index is 0.153. The molecule has 4 aromatic rings. The number of rotatable bonds is 4. The largest absolute Gasteiger partial charge is 0.341 e. The van der Waals surface area contributed by atoms with E-state index in [-0.39, 0.29) is 11.4 Å². The highest BCUT2D eigenvalue weighted by Gasteiger charge is 2.25. The van der Waals surface area contributed by atoms with Crippen LogP contribution in [0.15, 0.2) is 47.5 Å². The zero-order valence-electron chi connectivity index (χ0n) is 13.8. The van der Waals surface area contributed by atoms with Crippen LogP contribution in [0, 0.1) is 6.92 Å². The van der Waals surface area contributed by atoms with Crippen molar-refractivity contribution in [3.63, 3.8) is 0 Å². The van der Waals surface area contributed by atoms with E-state index in [0.29, 0.717) is 11.3 Å². The monoisotopic (exact) mass is 355 g/mol.